The maximum Gasteiger partial charge on any atom is 0.180 e. The number of hydrogen-bond acceptors (Lipinski definition) is 5. The Balaban J connectivity index is 2.51. The fourth-order valence-corrected chi connectivity index (χ4v) is 5.43. The van der Waals surface area contributed by atoms with E-state index in [9.17, 15) is 13.5 Å². The number of aliphatic hydroxyl groups is 1. The molecule has 0 unspecified atom stereocenters. The van der Waals surface area contributed by atoms with Crippen LogP contribution in [0.15, 0.2) is 44.3 Å². The summed E-state index contributed by atoms with van der Waals surface area (Å²) in [6.45, 7) is 9.68. The lowest BCUT2D eigenvalue weighted by Crippen LogP contribution is -2.17. The topological polar surface area (TPSA) is 54.4 Å². The molecule has 1 heterocycles. The van der Waals surface area contributed by atoms with Gasteiger partial charge in [-0.05, 0) is 55.2 Å². The highest BCUT2D eigenvalue weighted by atomic mass is 32.2. The quantitative estimate of drug-likeness (QED) is 0.799. The number of sulfone groups is 1. The smallest absolute Gasteiger partial charge is 0.180 e. The van der Waals surface area contributed by atoms with Gasteiger partial charge in [0.25, 0.3) is 0 Å². The molecule has 1 N–H and O–H groups in total. The van der Waals surface area contributed by atoms with E-state index in [0.29, 0.717) is 4.90 Å². The van der Waals surface area contributed by atoms with Gasteiger partial charge in [-0.1, -0.05) is 32.5 Å². The molecule has 0 aliphatic heterocycles. The maximum atomic E-state index is 12.6. The number of benzene rings is 1. The van der Waals surface area contributed by atoms with Crippen molar-refractivity contribution in [2.75, 3.05) is 0 Å². The Labute approximate surface area is 153 Å². The summed E-state index contributed by atoms with van der Waals surface area (Å²) in [7, 11) is -3.32. The molecule has 1 aromatic heterocycles. The minimum absolute atomic E-state index is 0.0280. The Bertz CT molecular complexity index is 812. The van der Waals surface area contributed by atoms with Crippen LogP contribution < -0.4 is 0 Å². The van der Waals surface area contributed by atoms with Crippen molar-refractivity contribution in [2.45, 2.75) is 65.9 Å². The third-order valence-corrected chi connectivity index (χ3v) is 8.01. The molecular weight excluding hydrogens is 360 g/mol. The third kappa shape index (κ3) is 4.42. The van der Waals surface area contributed by atoms with Crippen molar-refractivity contribution in [3.05, 3.63) is 40.8 Å². The molecule has 6 heteroatoms. The van der Waals surface area contributed by atoms with Gasteiger partial charge in [-0.25, -0.2) is 8.42 Å². The average molecular weight is 385 g/mol. The SMILES string of the molecule is CC(C)S(=O)(=O)c1cc(Sc2ccc(CO)s2)cc(C(C)(C)C)c1. The van der Waals surface area contributed by atoms with Crippen LogP contribution in [0.1, 0.15) is 45.1 Å². The Hall–Kier alpha value is -0.820. The highest BCUT2D eigenvalue weighted by Gasteiger charge is 2.23. The van der Waals surface area contributed by atoms with Gasteiger partial charge < -0.3 is 5.11 Å². The first-order chi connectivity index (χ1) is 11.0. The second kappa shape index (κ2) is 7.20. The molecule has 3 nitrogen and oxygen atoms in total. The van der Waals surface area contributed by atoms with Crippen molar-refractivity contribution in [2.24, 2.45) is 0 Å². The average Bonchev–Trinajstić information content (AvgIpc) is 2.93. The van der Waals surface area contributed by atoms with Crippen molar-refractivity contribution in [1.29, 1.82) is 0 Å². The lowest BCUT2D eigenvalue weighted by atomic mass is 9.87. The lowest BCUT2D eigenvalue weighted by molar-refractivity contribution is 0.285. The van der Waals surface area contributed by atoms with E-state index in [0.717, 1.165) is 19.5 Å². The van der Waals surface area contributed by atoms with Gasteiger partial charge in [-0.15, -0.1) is 11.3 Å². The minimum atomic E-state index is -3.32. The first kappa shape index (κ1) is 19.5. The molecule has 0 bridgehead atoms. The highest BCUT2D eigenvalue weighted by molar-refractivity contribution is 8.01. The predicted molar refractivity (Wildman–Crippen MR) is 102 cm³/mol. The van der Waals surface area contributed by atoms with E-state index >= 15 is 0 Å². The molecule has 0 fully saturated rings. The van der Waals surface area contributed by atoms with E-state index < -0.39 is 15.1 Å². The summed E-state index contributed by atoms with van der Waals surface area (Å²) in [5.41, 5.74) is 0.870. The number of aliphatic hydroxyl groups excluding tert-OH is 1. The molecule has 2 aromatic rings. The van der Waals surface area contributed by atoms with E-state index in [-0.39, 0.29) is 12.0 Å². The molecule has 0 aliphatic rings. The van der Waals surface area contributed by atoms with Crippen molar-refractivity contribution in [3.8, 4) is 0 Å². The van der Waals surface area contributed by atoms with Gasteiger partial charge in [0.1, 0.15) is 0 Å². The monoisotopic (exact) mass is 384 g/mol. The van der Waals surface area contributed by atoms with Gasteiger partial charge in [0.15, 0.2) is 9.84 Å². The van der Waals surface area contributed by atoms with Crippen LogP contribution in [0.3, 0.4) is 0 Å². The molecule has 0 spiro atoms. The number of thiophene rings is 1. The Morgan fingerprint density at radius 3 is 2.33 bits per heavy atom. The first-order valence-electron chi connectivity index (χ1n) is 7.81. The van der Waals surface area contributed by atoms with Gasteiger partial charge in [-0.3, -0.25) is 0 Å². The number of hydrogen-bond donors (Lipinski definition) is 1. The van der Waals surface area contributed by atoms with E-state index in [4.69, 9.17) is 0 Å². The van der Waals surface area contributed by atoms with Gasteiger partial charge in [0, 0.05) is 9.77 Å². The zero-order valence-electron chi connectivity index (χ0n) is 14.7. The summed E-state index contributed by atoms with van der Waals surface area (Å²) in [5.74, 6) is 0. The third-order valence-electron chi connectivity index (χ3n) is 3.71. The molecule has 24 heavy (non-hydrogen) atoms. The van der Waals surface area contributed by atoms with Crippen LogP contribution in [0.25, 0.3) is 0 Å². The molecule has 0 saturated carbocycles. The zero-order valence-corrected chi connectivity index (χ0v) is 17.1. The summed E-state index contributed by atoms with van der Waals surface area (Å²) in [6, 6.07) is 9.47. The standard InChI is InChI=1S/C18H24O3S3/c1-12(2)24(20,21)16-9-13(18(3,4)5)8-15(10-16)23-17-7-6-14(11-19)22-17/h6-10,12,19H,11H2,1-5H3. The van der Waals surface area contributed by atoms with E-state index in [2.05, 4.69) is 26.8 Å². The fourth-order valence-electron chi connectivity index (χ4n) is 2.11. The normalized spacial score (nSPS) is 12.8. The molecule has 0 saturated heterocycles. The molecule has 2 rings (SSSR count). The van der Waals surface area contributed by atoms with Crippen LogP contribution in [0.2, 0.25) is 0 Å². The maximum absolute atomic E-state index is 12.6. The van der Waals surface area contributed by atoms with E-state index in [1.807, 2.05) is 12.1 Å². The second-order valence-corrected chi connectivity index (χ2v) is 12.1. The van der Waals surface area contributed by atoms with Crippen molar-refractivity contribution >= 4 is 32.9 Å². The van der Waals surface area contributed by atoms with Crippen LogP contribution in [0.4, 0.5) is 0 Å². The Morgan fingerprint density at radius 1 is 1.17 bits per heavy atom. The lowest BCUT2D eigenvalue weighted by Gasteiger charge is -2.21. The fraction of sp³-hybridized carbons (Fsp3) is 0.444. The van der Waals surface area contributed by atoms with Crippen LogP contribution in [-0.4, -0.2) is 18.8 Å². The first-order valence-corrected chi connectivity index (χ1v) is 11.0. The van der Waals surface area contributed by atoms with Gasteiger partial charge >= 0.3 is 0 Å². The molecule has 1 aromatic carbocycles. The molecule has 0 atom stereocenters. The molecule has 0 aliphatic carbocycles. The Kier molecular flexibility index (Phi) is 5.85. The van der Waals surface area contributed by atoms with Crippen LogP contribution in [-0.2, 0) is 21.9 Å². The molecule has 132 valence electrons. The van der Waals surface area contributed by atoms with Crippen LogP contribution >= 0.6 is 23.1 Å². The summed E-state index contributed by atoms with van der Waals surface area (Å²) < 4.78 is 26.3. The largest absolute Gasteiger partial charge is 0.391 e. The van der Waals surface area contributed by atoms with Crippen LogP contribution in [0.5, 0.6) is 0 Å². The predicted octanol–water partition coefficient (Wildman–Crippen LogP) is 4.87. The van der Waals surface area contributed by atoms with Crippen molar-refractivity contribution < 1.29 is 13.5 Å². The highest BCUT2D eigenvalue weighted by Crippen LogP contribution is 2.37. The van der Waals surface area contributed by atoms with E-state index in [1.54, 1.807) is 26.0 Å². The molecule has 0 amide bonds. The summed E-state index contributed by atoms with van der Waals surface area (Å²) in [5, 5.41) is 8.75. The summed E-state index contributed by atoms with van der Waals surface area (Å²) in [4.78, 5) is 2.19. The van der Waals surface area contributed by atoms with Gasteiger partial charge in [0.05, 0.1) is 21.0 Å². The number of rotatable bonds is 5. The summed E-state index contributed by atoms with van der Waals surface area (Å²) >= 11 is 3.06. The van der Waals surface area contributed by atoms with Crippen LogP contribution in [0, 0.1) is 0 Å². The van der Waals surface area contributed by atoms with Crippen molar-refractivity contribution in [1.82, 2.24) is 0 Å². The van der Waals surface area contributed by atoms with Gasteiger partial charge in [0.2, 0.25) is 0 Å². The van der Waals surface area contributed by atoms with Crippen molar-refractivity contribution in [3.63, 3.8) is 0 Å². The minimum Gasteiger partial charge on any atom is -0.391 e. The Morgan fingerprint density at radius 2 is 1.83 bits per heavy atom. The summed E-state index contributed by atoms with van der Waals surface area (Å²) in [6.07, 6.45) is 0. The van der Waals surface area contributed by atoms with E-state index in [1.165, 1.54) is 23.1 Å². The second-order valence-electron chi connectivity index (χ2n) is 7.02. The molecular formula is C18H24O3S3. The molecule has 0 radical (unpaired) electrons. The van der Waals surface area contributed by atoms with Gasteiger partial charge in [-0.2, -0.15) is 0 Å². The zero-order chi connectivity index (χ0) is 18.1.